The standard InChI is InChI=1S/C13H17N5OS/c14-7-11-1-2-12(17-8-11)16-4-3-15-9-13(19)18-5-6-20-10-18/h1-2,8,15H,3-6,9-10H2,(H,16,17). The van der Waals surface area contributed by atoms with E-state index in [1.807, 2.05) is 11.0 Å². The Morgan fingerprint density at radius 2 is 2.40 bits per heavy atom. The lowest BCUT2D eigenvalue weighted by molar-refractivity contribution is -0.128. The number of pyridine rings is 1. The summed E-state index contributed by atoms with van der Waals surface area (Å²) in [7, 11) is 0. The Bertz CT molecular complexity index is 479. The van der Waals surface area contributed by atoms with E-state index in [1.54, 1.807) is 23.9 Å². The van der Waals surface area contributed by atoms with Gasteiger partial charge in [-0.15, -0.1) is 11.8 Å². The van der Waals surface area contributed by atoms with Crippen molar-refractivity contribution in [2.75, 3.05) is 43.1 Å². The van der Waals surface area contributed by atoms with Crippen molar-refractivity contribution < 1.29 is 4.79 Å². The van der Waals surface area contributed by atoms with Crippen LogP contribution >= 0.6 is 11.8 Å². The van der Waals surface area contributed by atoms with Gasteiger partial charge in [-0.2, -0.15) is 5.26 Å². The van der Waals surface area contributed by atoms with Gasteiger partial charge in [-0.3, -0.25) is 4.79 Å². The molecule has 1 saturated heterocycles. The van der Waals surface area contributed by atoms with Crippen molar-refractivity contribution in [2.45, 2.75) is 0 Å². The average molecular weight is 291 g/mol. The second-order valence-electron chi connectivity index (χ2n) is 4.34. The first kappa shape index (κ1) is 14.6. The van der Waals surface area contributed by atoms with Crippen LogP contribution in [0.3, 0.4) is 0 Å². The number of rotatable bonds is 6. The predicted octanol–water partition coefficient (Wildman–Crippen LogP) is 0.488. The van der Waals surface area contributed by atoms with Crippen LogP contribution in [0, 0.1) is 11.3 Å². The Hall–Kier alpha value is -1.78. The maximum atomic E-state index is 11.7. The fraction of sp³-hybridized carbons (Fsp3) is 0.462. The van der Waals surface area contributed by atoms with E-state index in [1.165, 1.54) is 6.20 Å². The third-order valence-corrected chi connectivity index (χ3v) is 3.85. The smallest absolute Gasteiger partial charge is 0.237 e. The van der Waals surface area contributed by atoms with Crippen molar-refractivity contribution in [1.82, 2.24) is 15.2 Å². The summed E-state index contributed by atoms with van der Waals surface area (Å²) in [5, 5.41) is 14.9. The summed E-state index contributed by atoms with van der Waals surface area (Å²) in [5.74, 6) is 2.74. The third kappa shape index (κ3) is 4.40. The molecule has 1 aliphatic heterocycles. The largest absolute Gasteiger partial charge is 0.369 e. The molecule has 1 aromatic rings. The van der Waals surface area contributed by atoms with E-state index in [4.69, 9.17) is 5.26 Å². The second kappa shape index (κ2) is 7.72. The molecule has 0 bridgehead atoms. The number of carbonyl (C=O) groups excluding carboxylic acids is 1. The number of hydrogen-bond acceptors (Lipinski definition) is 6. The zero-order valence-corrected chi connectivity index (χ0v) is 11.9. The number of nitrogens with one attached hydrogen (secondary N) is 2. The first-order chi connectivity index (χ1) is 9.79. The summed E-state index contributed by atoms with van der Waals surface area (Å²) in [4.78, 5) is 17.7. The number of thioether (sulfide) groups is 1. The molecule has 0 saturated carbocycles. The number of carbonyl (C=O) groups is 1. The minimum Gasteiger partial charge on any atom is -0.369 e. The molecule has 0 spiro atoms. The highest BCUT2D eigenvalue weighted by atomic mass is 32.2. The van der Waals surface area contributed by atoms with Crippen LogP contribution in [0.1, 0.15) is 5.56 Å². The highest BCUT2D eigenvalue weighted by Gasteiger charge is 2.17. The molecular formula is C13H17N5OS. The summed E-state index contributed by atoms with van der Waals surface area (Å²) >= 11 is 1.79. The van der Waals surface area contributed by atoms with Crippen LogP contribution in [0.2, 0.25) is 0 Å². The summed E-state index contributed by atoms with van der Waals surface area (Å²) in [6.45, 7) is 2.61. The minimum atomic E-state index is 0.159. The van der Waals surface area contributed by atoms with Crippen LogP contribution in [-0.4, -0.2) is 53.6 Å². The average Bonchev–Trinajstić information content (AvgIpc) is 3.01. The van der Waals surface area contributed by atoms with Gasteiger partial charge in [0.25, 0.3) is 0 Å². The number of amides is 1. The molecule has 0 radical (unpaired) electrons. The van der Waals surface area contributed by atoms with Crippen LogP contribution in [0.4, 0.5) is 5.82 Å². The van der Waals surface area contributed by atoms with E-state index in [0.29, 0.717) is 25.2 Å². The fourth-order valence-corrected chi connectivity index (χ4v) is 2.73. The molecule has 2 N–H and O–H groups in total. The maximum absolute atomic E-state index is 11.7. The van der Waals surface area contributed by atoms with Gasteiger partial charge in [-0.05, 0) is 12.1 Å². The Labute approximate surface area is 122 Å². The fourth-order valence-electron chi connectivity index (χ4n) is 1.76. The van der Waals surface area contributed by atoms with Crippen LogP contribution in [0.5, 0.6) is 0 Å². The lowest BCUT2D eigenvalue weighted by Gasteiger charge is -2.14. The normalized spacial score (nSPS) is 14.1. The van der Waals surface area contributed by atoms with Crippen molar-refractivity contribution in [3.8, 4) is 6.07 Å². The molecule has 1 fully saturated rings. The zero-order chi connectivity index (χ0) is 14.2. The molecule has 1 amide bonds. The van der Waals surface area contributed by atoms with Crippen LogP contribution in [0.25, 0.3) is 0 Å². The van der Waals surface area contributed by atoms with Crippen molar-refractivity contribution in [3.63, 3.8) is 0 Å². The quantitative estimate of drug-likeness (QED) is 0.742. The van der Waals surface area contributed by atoms with Crippen LogP contribution in [0.15, 0.2) is 18.3 Å². The van der Waals surface area contributed by atoms with Gasteiger partial charge in [0.05, 0.1) is 18.0 Å². The van der Waals surface area contributed by atoms with Crippen molar-refractivity contribution in [1.29, 1.82) is 5.26 Å². The first-order valence-corrected chi connectivity index (χ1v) is 7.61. The first-order valence-electron chi connectivity index (χ1n) is 6.46. The molecule has 0 atom stereocenters. The molecule has 106 valence electrons. The summed E-state index contributed by atoms with van der Waals surface area (Å²) in [6.07, 6.45) is 1.53. The topological polar surface area (TPSA) is 81.0 Å². The third-order valence-electron chi connectivity index (χ3n) is 2.88. The number of aromatic nitrogens is 1. The van der Waals surface area contributed by atoms with Gasteiger partial charge in [0, 0.05) is 31.6 Å². The highest BCUT2D eigenvalue weighted by Crippen LogP contribution is 2.12. The van der Waals surface area contributed by atoms with Gasteiger partial charge in [-0.25, -0.2) is 4.98 Å². The SMILES string of the molecule is N#Cc1ccc(NCCNCC(=O)N2CCSC2)nc1. The zero-order valence-electron chi connectivity index (χ0n) is 11.1. The molecule has 0 aliphatic carbocycles. The number of hydrogen-bond donors (Lipinski definition) is 2. The van der Waals surface area contributed by atoms with Gasteiger partial charge in [0.15, 0.2) is 0 Å². The van der Waals surface area contributed by atoms with E-state index in [-0.39, 0.29) is 5.91 Å². The summed E-state index contributed by atoms with van der Waals surface area (Å²) < 4.78 is 0. The molecule has 2 heterocycles. The molecule has 2 rings (SSSR count). The van der Waals surface area contributed by atoms with Gasteiger partial charge in [-0.1, -0.05) is 0 Å². The summed E-state index contributed by atoms with van der Waals surface area (Å²) in [5.41, 5.74) is 0.544. The maximum Gasteiger partial charge on any atom is 0.237 e. The Morgan fingerprint density at radius 3 is 3.05 bits per heavy atom. The van der Waals surface area contributed by atoms with Gasteiger partial charge in [0.2, 0.25) is 5.91 Å². The van der Waals surface area contributed by atoms with E-state index in [9.17, 15) is 4.79 Å². The van der Waals surface area contributed by atoms with Crippen molar-refractivity contribution >= 4 is 23.5 Å². The Morgan fingerprint density at radius 1 is 1.50 bits per heavy atom. The van der Waals surface area contributed by atoms with Gasteiger partial charge < -0.3 is 15.5 Å². The molecule has 20 heavy (non-hydrogen) atoms. The lowest BCUT2D eigenvalue weighted by Crippen LogP contribution is -2.37. The predicted molar refractivity (Wildman–Crippen MR) is 79.3 cm³/mol. The molecule has 6 nitrogen and oxygen atoms in total. The summed E-state index contributed by atoms with van der Waals surface area (Å²) in [6, 6.07) is 5.51. The molecule has 7 heteroatoms. The van der Waals surface area contributed by atoms with E-state index < -0.39 is 0 Å². The van der Waals surface area contributed by atoms with E-state index in [0.717, 1.165) is 24.0 Å². The number of anilines is 1. The molecule has 1 aliphatic rings. The number of nitrogens with zero attached hydrogens (tertiary/aromatic N) is 3. The lowest BCUT2D eigenvalue weighted by atomic mass is 10.3. The van der Waals surface area contributed by atoms with Crippen LogP contribution < -0.4 is 10.6 Å². The second-order valence-corrected chi connectivity index (χ2v) is 5.42. The molecular weight excluding hydrogens is 274 g/mol. The van der Waals surface area contributed by atoms with Gasteiger partial charge in [0.1, 0.15) is 11.9 Å². The Kier molecular flexibility index (Phi) is 5.65. The van der Waals surface area contributed by atoms with Crippen LogP contribution in [-0.2, 0) is 4.79 Å². The van der Waals surface area contributed by atoms with E-state index in [2.05, 4.69) is 15.6 Å². The number of nitriles is 1. The molecule has 0 unspecified atom stereocenters. The monoisotopic (exact) mass is 291 g/mol. The molecule has 1 aromatic heterocycles. The van der Waals surface area contributed by atoms with Gasteiger partial charge >= 0.3 is 0 Å². The molecule has 0 aromatic carbocycles. The Balaban J connectivity index is 1.59. The van der Waals surface area contributed by atoms with Crippen molar-refractivity contribution in [3.05, 3.63) is 23.9 Å². The highest BCUT2D eigenvalue weighted by molar-refractivity contribution is 7.99. The minimum absolute atomic E-state index is 0.159. The van der Waals surface area contributed by atoms with E-state index >= 15 is 0 Å². The van der Waals surface area contributed by atoms with Crippen molar-refractivity contribution in [2.24, 2.45) is 0 Å².